The van der Waals surface area contributed by atoms with E-state index in [1.54, 1.807) is 4.90 Å². The van der Waals surface area contributed by atoms with Crippen LogP contribution in [0.1, 0.15) is 64.5 Å². The highest BCUT2D eigenvalue weighted by Gasteiger charge is 2.25. The maximum absolute atomic E-state index is 14.5. The molecule has 0 saturated carbocycles. The number of anilines is 3. The number of carbonyl (C=O) groups is 1. The number of aromatic nitrogens is 2. The Morgan fingerprint density at radius 1 is 1.15 bits per heavy atom. The van der Waals surface area contributed by atoms with Gasteiger partial charge in [-0.1, -0.05) is 40.3 Å². The van der Waals surface area contributed by atoms with Gasteiger partial charge in [-0.15, -0.1) is 0 Å². The molecule has 1 aromatic carbocycles. The molecular weight excluding hydrogens is 493 g/mol. The first-order valence-electron chi connectivity index (χ1n) is 14.6. The number of carbonyl (C=O) groups excluding carboxylic acids is 1. The van der Waals surface area contributed by atoms with Gasteiger partial charge in [0.05, 0.1) is 6.20 Å². The second-order valence-corrected chi connectivity index (χ2v) is 9.83. The van der Waals surface area contributed by atoms with Crippen molar-refractivity contribution in [3.05, 3.63) is 54.0 Å². The van der Waals surface area contributed by atoms with Crippen LogP contribution in [0.5, 0.6) is 0 Å². The summed E-state index contributed by atoms with van der Waals surface area (Å²) in [7, 11) is 0. The average molecular weight is 540 g/mol. The van der Waals surface area contributed by atoms with Gasteiger partial charge in [0, 0.05) is 44.5 Å². The SMILES string of the molecule is C=CC(=O)N1CCCC(Nc2nc(Nc3ccc4c(c3)CN(CC3CCNCC3)C4)ncc2F)C1.CC.CC. The van der Waals surface area contributed by atoms with Crippen molar-refractivity contribution in [2.24, 2.45) is 5.92 Å². The Morgan fingerprint density at radius 2 is 1.90 bits per heavy atom. The van der Waals surface area contributed by atoms with Crippen molar-refractivity contribution in [3.8, 4) is 0 Å². The minimum absolute atomic E-state index is 0.0733. The molecule has 2 aromatic rings. The molecule has 4 heterocycles. The number of rotatable bonds is 7. The minimum Gasteiger partial charge on any atom is -0.363 e. The van der Waals surface area contributed by atoms with E-state index in [0.717, 1.165) is 57.2 Å². The van der Waals surface area contributed by atoms with Gasteiger partial charge in [0.2, 0.25) is 11.9 Å². The summed E-state index contributed by atoms with van der Waals surface area (Å²) in [5.74, 6) is 0.647. The molecule has 3 aliphatic rings. The van der Waals surface area contributed by atoms with E-state index in [2.05, 4.69) is 49.5 Å². The van der Waals surface area contributed by atoms with Crippen molar-refractivity contribution >= 4 is 23.4 Å². The molecule has 1 amide bonds. The number of nitrogens with one attached hydrogen (secondary N) is 3. The van der Waals surface area contributed by atoms with Gasteiger partial charge < -0.3 is 20.9 Å². The van der Waals surface area contributed by atoms with E-state index < -0.39 is 5.82 Å². The fourth-order valence-corrected chi connectivity index (χ4v) is 5.38. The van der Waals surface area contributed by atoms with E-state index in [4.69, 9.17) is 0 Å². The second-order valence-electron chi connectivity index (χ2n) is 9.83. The average Bonchev–Trinajstić information content (AvgIpc) is 3.38. The number of piperidine rings is 2. The van der Waals surface area contributed by atoms with Crippen LogP contribution in [0.3, 0.4) is 0 Å². The Balaban J connectivity index is 0.00000100. The van der Waals surface area contributed by atoms with Crippen LogP contribution in [0.2, 0.25) is 0 Å². The van der Waals surface area contributed by atoms with E-state index in [1.807, 2.05) is 33.8 Å². The van der Waals surface area contributed by atoms with Crippen LogP contribution in [0.15, 0.2) is 37.1 Å². The second kappa shape index (κ2) is 15.5. The summed E-state index contributed by atoms with van der Waals surface area (Å²) in [6.45, 7) is 18.1. The first-order valence-corrected chi connectivity index (χ1v) is 14.6. The van der Waals surface area contributed by atoms with Crippen molar-refractivity contribution in [3.63, 3.8) is 0 Å². The summed E-state index contributed by atoms with van der Waals surface area (Å²) in [5.41, 5.74) is 3.58. The number of fused-ring (bicyclic) bond motifs is 1. The standard InChI is InChI=1S/C26H34FN7O.2C2H6/c1-2-24(35)34-11-3-4-22(17-34)30-25-23(27)13-29-26(32-25)31-21-6-5-19-15-33(16-20(19)12-21)14-18-7-9-28-10-8-18;2*1-2/h2,5-6,12-13,18,22,28H,1,3-4,7-11,14-17H2,(H2,29,30,31,32);2*1-2H3. The number of benzene rings is 1. The smallest absolute Gasteiger partial charge is 0.246 e. The molecule has 214 valence electrons. The lowest BCUT2D eigenvalue weighted by molar-refractivity contribution is -0.127. The molecule has 1 aromatic heterocycles. The third kappa shape index (κ3) is 8.47. The van der Waals surface area contributed by atoms with E-state index >= 15 is 0 Å². The molecule has 3 N–H and O–H groups in total. The molecule has 0 bridgehead atoms. The van der Waals surface area contributed by atoms with Gasteiger partial charge in [-0.05, 0) is 74.0 Å². The summed E-state index contributed by atoms with van der Waals surface area (Å²) >= 11 is 0. The fourth-order valence-electron chi connectivity index (χ4n) is 5.38. The molecule has 0 aliphatic carbocycles. The first kappa shape index (κ1) is 30.5. The van der Waals surface area contributed by atoms with E-state index in [-0.39, 0.29) is 17.8 Å². The van der Waals surface area contributed by atoms with Gasteiger partial charge in [-0.25, -0.2) is 9.37 Å². The zero-order chi connectivity index (χ0) is 28.2. The Morgan fingerprint density at radius 3 is 2.64 bits per heavy atom. The highest BCUT2D eigenvalue weighted by Crippen LogP contribution is 2.29. The normalized spacial score (nSPS) is 19.1. The quantitative estimate of drug-likeness (QED) is 0.411. The van der Waals surface area contributed by atoms with Crippen molar-refractivity contribution in [2.75, 3.05) is 43.4 Å². The number of hydrogen-bond acceptors (Lipinski definition) is 7. The minimum atomic E-state index is -0.509. The van der Waals surface area contributed by atoms with Crippen LogP contribution < -0.4 is 16.0 Å². The Kier molecular flexibility index (Phi) is 12.1. The van der Waals surface area contributed by atoms with Crippen LogP contribution in [-0.2, 0) is 17.9 Å². The molecule has 0 radical (unpaired) electrons. The van der Waals surface area contributed by atoms with E-state index in [1.165, 1.54) is 36.2 Å². The van der Waals surface area contributed by atoms with Gasteiger partial charge in [-0.3, -0.25) is 9.69 Å². The number of hydrogen-bond donors (Lipinski definition) is 3. The molecule has 39 heavy (non-hydrogen) atoms. The van der Waals surface area contributed by atoms with Crippen LogP contribution in [-0.4, -0.2) is 64.4 Å². The van der Waals surface area contributed by atoms with E-state index in [9.17, 15) is 9.18 Å². The van der Waals surface area contributed by atoms with Crippen molar-refractivity contribution in [1.29, 1.82) is 0 Å². The number of nitrogens with zero attached hydrogens (tertiary/aromatic N) is 4. The molecule has 8 nitrogen and oxygen atoms in total. The lowest BCUT2D eigenvalue weighted by atomic mass is 9.98. The highest BCUT2D eigenvalue weighted by atomic mass is 19.1. The summed E-state index contributed by atoms with van der Waals surface area (Å²) in [6, 6.07) is 6.27. The van der Waals surface area contributed by atoms with Gasteiger partial charge in [0.1, 0.15) is 0 Å². The van der Waals surface area contributed by atoms with Crippen molar-refractivity contribution in [2.45, 2.75) is 72.5 Å². The molecule has 9 heteroatoms. The number of amides is 1. The maximum Gasteiger partial charge on any atom is 0.246 e. The number of likely N-dealkylation sites (tertiary alicyclic amines) is 1. The third-order valence-corrected chi connectivity index (χ3v) is 7.22. The molecule has 0 spiro atoms. The van der Waals surface area contributed by atoms with Crippen LogP contribution in [0, 0.1) is 11.7 Å². The molecular formula is C30H46FN7O. The zero-order valence-electron chi connectivity index (χ0n) is 24.1. The molecule has 3 aliphatic heterocycles. The molecule has 5 rings (SSSR count). The molecule has 2 fully saturated rings. The van der Waals surface area contributed by atoms with Gasteiger partial charge >= 0.3 is 0 Å². The lowest BCUT2D eigenvalue weighted by Gasteiger charge is -2.32. The van der Waals surface area contributed by atoms with Gasteiger partial charge in [-0.2, -0.15) is 4.98 Å². The molecule has 1 unspecified atom stereocenters. The van der Waals surface area contributed by atoms with Gasteiger partial charge in [0.15, 0.2) is 11.6 Å². The summed E-state index contributed by atoms with van der Waals surface area (Å²) in [5, 5.41) is 9.84. The lowest BCUT2D eigenvalue weighted by Crippen LogP contribution is -2.44. The summed E-state index contributed by atoms with van der Waals surface area (Å²) in [6.07, 6.45) is 6.69. The molecule has 1 atom stereocenters. The predicted molar refractivity (Wildman–Crippen MR) is 158 cm³/mol. The summed E-state index contributed by atoms with van der Waals surface area (Å²) < 4.78 is 14.5. The third-order valence-electron chi connectivity index (χ3n) is 7.22. The first-order chi connectivity index (χ1) is 19.1. The summed E-state index contributed by atoms with van der Waals surface area (Å²) in [4.78, 5) is 24.7. The fraction of sp³-hybridized carbons (Fsp3) is 0.567. The monoisotopic (exact) mass is 539 g/mol. The van der Waals surface area contributed by atoms with Crippen molar-refractivity contribution in [1.82, 2.24) is 25.1 Å². The van der Waals surface area contributed by atoms with E-state index in [0.29, 0.717) is 19.0 Å². The largest absolute Gasteiger partial charge is 0.363 e. The van der Waals surface area contributed by atoms with Crippen LogP contribution in [0.4, 0.5) is 21.8 Å². The Bertz CT molecular complexity index is 1070. The van der Waals surface area contributed by atoms with Gasteiger partial charge in [0.25, 0.3) is 0 Å². The van der Waals surface area contributed by atoms with Crippen molar-refractivity contribution < 1.29 is 9.18 Å². The Labute approximate surface area is 233 Å². The number of halogens is 1. The predicted octanol–water partition coefficient (Wildman–Crippen LogP) is 5.32. The van der Waals surface area contributed by atoms with Crippen LogP contribution >= 0.6 is 0 Å². The zero-order valence-corrected chi connectivity index (χ0v) is 24.1. The highest BCUT2D eigenvalue weighted by molar-refractivity contribution is 5.87. The topological polar surface area (TPSA) is 85.4 Å². The molecule has 2 saturated heterocycles. The maximum atomic E-state index is 14.5. The Hall–Kier alpha value is -3.04. The van der Waals surface area contributed by atoms with Crippen LogP contribution in [0.25, 0.3) is 0 Å².